The van der Waals surface area contributed by atoms with Crippen molar-refractivity contribution in [3.8, 4) is 11.3 Å². The Labute approximate surface area is 160 Å². The summed E-state index contributed by atoms with van der Waals surface area (Å²) in [6.07, 6.45) is 1.01. The van der Waals surface area contributed by atoms with Crippen LogP contribution in [0.15, 0.2) is 40.8 Å². The van der Waals surface area contributed by atoms with Gasteiger partial charge in [-0.3, -0.25) is 4.79 Å². The molecule has 0 aliphatic carbocycles. The van der Waals surface area contributed by atoms with Gasteiger partial charge < -0.3 is 14.8 Å². The number of thiazole rings is 1. The molecule has 0 saturated heterocycles. The molecule has 3 rings (SSSR count). The Kier molecular flexibility index (Phi) is 5.71. The number of carbonyl (C=O) groups excluding carboxylic acids is 1. The fraction of sp³-hybridized carbons (Fsp3) is 0.250. The minimum Gasteiger partial charge on any atom is -0.478 e. The van der Waals surface area contributed by atoms with Crippen LogP contribution in [0.5, 0.6) is 0 Å². The van der Waals surface area contributed by atoms with Gasteiger partial charge in [-0.15, -0.1) is 11.3 Å². The number of rotatable bonds is 7. The molecule has 140 valence electrons. The van der Waals surface area contributed by atoms with Gasteiger partial charge in [-0.1, -0.05) is 37.3 Å². The van der Waals surface area contributed by atoms with E-state index in [1.807, 2.05) is 37.3 Å². The maximum atomic E-state index is 12.2. The summed E-state index contributed by atoms with van der Waals surface area (Å²) in [7, 11) is 0. The van der Waals surface area contributed by atoms with Gasteiger partial charge in [0.15, 0.2) is 5.76 Å². The maximum Gasteiger partial charge on any atom is 0.339 e. The number of nitrogens with one attached hydrogen (secondary N) is 1. The van der Waals surface area contributed by atoms with E-state index in [1.165, 1.54) is 6.07 Å². The van der Waals surface area contributed by atoms with E-state index in [0.29, 0.717) is 25.1 Å². The third kappa shape index (κ3) is 4.25. The van der Waals surface area contributed by atoms with E-state index >= 15 is 0 Å². The molecule has 1 amide bonds. The third-order valence-electron chi connectivity index (χ3n) is 4.10. The Balaban J connectivity index is 1.62. The topological polar surface area (TPSA) is 92.4 Å². The fourth-order valence-electron chi connectivity index (χ4n) is 2.78. The van der Waals surface area contributed by atoms with Crippen LogP contribution >= 0.6 is 11.3 Å². The van der Waals surface area contributed by atoms with Crippen LogP contribution < -0.4 is 5.32 Å². The number of furan rings is 1. The molecule has 3 aromatic rings. The Hall–Kier alpha value is -2.93. The number of nitrogens with zero attached hydrogens (tertiary/aromatic N) is 1. The zero-order valence-corrected chi connectivity index (χ0v) is 15.9. The second kappa shape index (κ2) is 8.18. The molecule has 6 nitrogen and oxygen atoms in total. The lowest BCUT2D eigenvalue weighted by molar-refractivity contribution is 0.0694. The van der Waals surface area contributed by atoms with E-state index in [0.717, 1.165) is 21.1 Å². The number of carbonyl (C=O) groups is 2. The van der Waals surface area contributed by atoms with Gasteiger partial charge in [-0.25, -0.2) is 9.78 Å². The van der Waals surface area contributed by atoms with Gasteiger partial charge in [0.25, 0.3) is 5.91 Å². The molecule has 0 radical (unpaired) electrons. The van der Waals surface area contributed by atoms with Crippen molar-refractivity contribution in [1.82, 2.24) is 10.3 Å². The molecule has 2 aromatic heterocycles. The minimum atomic E-state index is -1.10. The molecule has 27 heavy (non-hydrogen) atoms. The number of aryl methyl sites for hydroxylation is 2. The summed E-state index contributed by atoms with van der Waals surface area (Å²) in [6, 6.07) is 11.2. The molecule has 0 atom stereocenters. The van der Waals surface area contributed by atoms with E-state index in [-0.39, 0.29) is 11.3 Å². The molecule has 0 fully saturated rings. The SMILES string of the molecule is CCc1oc(C(=O)NCCc2nc(-c3ccccc3)c(C)s2)cc1C(=O)O. The van der Waals surface area contributed by atoms with Crippen LogP contribution in [0.25, 0.3) is 11.3 Å². The summed E-state index contributed by atoms with van der Waals surface area (Å²) in [6.45, 7) is 4.21. The number of aromatic nitrogens is 1. The van der Waals surface area contributed by atoms with Gasteiger partial charge in [0.2, 0.25) is 0 Å². The van der Waals surface area contributed by atoms with E-state index < -0.39 is 11.9 Å². The summed E-state index contributed by atoms with van der Waals surface area (Å²) in [5.41, 5.74) is 2.07. The van der Waals surface area contributed by atoms with E-state index in [4.69, 9.17) is 9.52 Å². The van der Waals surface area contributed by atoms with Crippen molar-refractivity contribution in [2.45, 2.75) is 26.7 Å². The summed E-state index contributed by atoms with van der Waals surface area (Å²) < 4.78 is 5.36. The lowest BCUT2D eigenvalue weighted by Crippen LogP contribution is -2.25. The zero-order valence-electron chi connectivity index (χ0n) is 15.1. The van der Waals surface area contributed by atoms with Crippen molar-refractivity contribution < 1.29 is 19.1 Å². The number of carboxylic acids is 1. The van der Waals surface area contributed by atoms with Crippen LogP contribution in [0.2, 0.25) is 0 Å². The first-order chi connectivity index (χ1) is 13.0. The summed E-state index contributed by atoms with van der Waals surface area (Å²) >= 11 is 1.61. The largest absolute Gasteiger partial charge is 0.478 e. The minimum absolute atomic E-state index is 0.0181. The monoisotopic (exact) mass is 384 g/mol. The Morgan fingerprint density at radius 1 is 1.26 bits per heavy atom. The highest BCUT2D eigenvalue weighted by atomic mass is 32.1. The Morgan fingerprint density at radius 3 is 2.63 bits per heavy atom. The second-order valence-corrected chi connectivity index (χ2v) is 7.28. The second-order valence-electron chi connectivity index (χ2n) is 5.99. The van der Waals surface area contributed by atoms with E-state index in [2.05, 4.69) is 10.3 Å². The van der Waals surface area contributed by atoms with Crippen LogP contribution in [0.3, 0.4) is 0 Å². The van der Waals surface area contributed by atoms with Crippen LogP contribution in [-0.4, -0.2) is 28.5 Å². The van der Waals surface area contributed by atoms with Crippen molar-refractivity contribution in [2.75, 3.05) is 6.54 Å². The first-order valence-electron chi connectivity index (χ1n) is 8.65. The normalized spacial score (nSPS) is 10.7. The first-order valence-corrected chi connectivity index (χ1v) is 9.47. The molecule has 2 heterocycles. The van der Waals surface area contributed by atoms with E-state index in [1.54, 1.807) is 18.3 Å². The molecule has 0 unspecified atom stereocenters. The van der Waals surface area contributed by atoms with Gasteiger partial charge in [0, 0.05) is 35.9 Å². The summed E-state index contributed by atoms with van der Waals surface area (Å²) in [5.74, 6) is -1.20. The molecule has 0 saturated carbocycles. The zero-order chi connectivity index (χ0) is 19.4. The maximum absolute atomic E-state index is 12.2. The summed E-state index contributed by atoms with van der Waals surface area (Å²) in [5, 5.41) is 12.8. The predicted molar refractivity (Wildman–Crippen MR) is 103 cm³/mol. The first kappa shape index (κ1) is 18.8. The fourth-order valence-corrected chi connectivity index (χ4v) is 3.73. The molecule has 0 bridgehead atoms. The van der Waals surface area contributed by atoms with Crippen molar-refractivity contribution in [1.29, 1.82) is 0 Å². The number of carboxylic acid groups (broad SMARTS) is 1. The Morgan fingerprint density at radius 2 is 2.00 bits per heavy atom. The van der Waals surface area contributed by atoms with Crippen molar-refractivity contribution in [3.05, 3.63) is 63.4 Å². The van der Waals surface area contributed by atoms with E-state index in [9.17, 15) is 9.59 Å². The number of amides is 1. The third-order valence-corrected chi connectivity index (χ3v) is 5.13. The average Bonchev–Trinajstić information content (AvgIpc) is 3.26. The number of hydrogen-bond acceptors (Lipinski definition) is 5. The molecular formula is C20H20N2O4S. The van der Waals surface area contributed by atoms with Gasteiger partial charge in [-0.2, -0.15) is 0 Å². The average molecular weight is 384 g/mol. The highest BCUT2D eigenvalue weighted by Gasteiger charge is 2.20. The van der Waals surface area contributed by atoms with Gasteiger partial charge >= 0.3 is 5.97 Å². The van der Waals surface area contributed by atoms with Crippen molar-refractivity contribution in [2.24, 2.45) is 0 Å². The molecule has 1 aromatic carbocycles. The molecule has 0 aliphatic heterocycles. The quantitative estimate of drug-likeness (QED) is 0.643. The smallest absolute Gasteiger partial charge is 0.339 e. The highest BCUT2D eigenvalue weighted by molar-refractivity contribution is 7.12. The molecule has 0 spiro atoms. The van der Waals surface area contributed by atoms with Crippen molar-refractivity contribution in [3.63, 3.8) is 0 Å². The number of aromatic carboxylic acids is 1. The van der Waals surface area contributed by atoms with Crippen LogP contribution in [-0.2, 0) is 12.8 Å². The lowest BCUT2D eigenvalue weighted by Gasteiger charge is -2.01. The molecule has 2 N–H and O–H groups in total. The molecule has 0 aliphatic rings. The molecular weight excluding hydrogens is 364 g/mol. The standard InChI is InChI=1S/C20H20N2O4S/c1-3-15-14(20(24)25)11-16(26-15)19(23)21-10-9-17-22-18(12(2)27-17)13-7-5-4-6-8-13/h4-8,11H,3,9-10H2,1-2H3,(H,21,23)(H,24,25). The lowest BCUT2D eigenvalue weighted by atomic mass is 10.1. The van der Waals surface area contributed by atoms with Crippen molar-refractivity contribution >= 4 is 23.2 Å². The Bertz CT molecular complexity index is 960. The highest BCUT2D eigenvalue weighted by Crippen LogP contribution is 2.27. The molecule has 7 heteroatoms. The van der Waals surface area contributed by atoms with Crippen LogP contribution in [0.4, 0.5) is 0 Å². The van der Waals surface area contributed by atoms with Gasteiger partial charge in [0.1, 0.15) is 11.3 Å². The number of benzene rings is 1. The van der Waals surface area contributed by atoms with Crippen LogP contribution in [0, 0.1) is 6.92 Å². The van der Waals surface area contributed by atoms with Gasteiger partial charge in [-0.05, 0) is 6.92 Å². The summed E-state index contributed by atoms with van der Waals surface area (Å²) in [4.78, 5) is 29.2. The van der Waals surface area contributed by atoms with Crippen LogP contribution in [0.1, 0.15) is 43.5 Å². The number of hydrogen-bond donors (Lipinski definition) is 2. The van der Waals surface area contributed by atoms with Gasteiger partial charge in [0.05, 0.1) is 10.7 Å². The predicted octanol–water partition coefficient (Wildman–Crippen LogP) is 3.94.